The van der Waals surface area contributed by atoms with Gasteiger partial charge >= 0.3 is 5.97 Å². The summed E-state index contributed by atoms with van der Waals surface area (Å²) in [6.45, 7) is 14.7. The number of piperazine rings is 1. The van der Waals surface area contributed by atoms with E-state index in [0.29, 0.717) is 10.6 Å². The molecule has 40 heavy (non-hydrogen) atoms. The fourth-order valence-electron chi connectivity index (χ4n) is 5.18. The van der Waals surface area contributed by atoms with Crippen molar-refractivity contribution in [1.82, 2.24) is 14.9 Å². The number of carbonyl (C=O) groups is 1. The van der Waals surface area contributed by atoms with Crippen LogP contribution >= 0.6 is 22.9 Å². The number of thiazole rings is 1. The van der Waals surface area contributed by atoms with Crippen LogP contribution in [0.1, 0.15) is 44.9 Å². The van der Waals surface area contributed by atoms with E-state index in [1.165, 1.54) is 0 Å². The minimum Gasteiger partial charge on any atom is -0.479 e. The lowest BCUT2D eigenvalue weighted by Crippen LogP contribution is -2.46. The zero-order valence-corrected chi connectivity index (χ0v) is 25.1. The lowest BCUT2D eigenvalue weighted by molar-refractivity contribution is -0.160. The van der Waals surface area contributed by atoms with E-state index in [1.807, 2.05) is 70.3 Å². The summed E-state index contributed by atoms with van der Waals surface area (Å²) in [5.41, 5.74) is 4.30. The van der Waals surface area contributed by atoms with Gasteiger partial charge < -0.3 is 19.6 Å². The second kappa shape index (κ2) is 11.4. The SMILES string of the molecule is CCN1CCN(c2cc(-c3nc4cc(C)c([C@H](OC(C)(C)C)C(=O)O)c(-c5ccc(Cl)cc5)c4s3)ccn2)CC1. The van der Waals surface area contributed by atoms with Crippen molar-refractivity contribution in [2.24, 2.45) is 0 Å². The number of aryl methyl sites for hydroxylation is 1. The lowest BCUT2D eigenvalue weighted by Gasteiger charge is -2.34. The number of benzene rings is 2. The van der Waals surface area contributed by atoms with Crippen LogP contribution < -0.4 is 4.90 Å². The lowest BCUT2D eigenvalue weighted by atomic mass is 9.91. The fraction of sp³-hybridized carbons (Fsp3) is 0.387. The van der Waals surface area contributed by atoms with Gasteiger partial charge in [-0.05, 0) is 75.7 Å². The number of pyridine rings is 1. The van der Waals surface area contributed by atoms with E-state index in [4.69, 9.17) is 21.3 Å². The van der Waals surface area contributed by atoms with E-state index in [2.05, 4.69) is 27.8 Å². The van der Waals surface area contributed by atoms with Crippen molar-refractivity contribution in [2.75, 3.05) is 37.6 Å². The van der Waals surface area contributed by atoms with Crippen LogP contribution in [-0.4, -0.2) is 64.3 Å². The average molecular weight is 579 g/mol. The standard InChI is InChI=1S/C31H35ClN4O3S/c1-6-35-13-15-36(16-14-35)24-18-21(11-12-33-24)29-34-23-17-19(2)25(27(30(37)38)39-31(3,4)5)26(28(23)40-29)20-7-9-22(32)10-8-20/h7-12,17-18,27H,6,13-16H2,1-5H3,(H,37,38)/t27-/m0/s1. The number of anilines is 1. The summed E-state index contributed by atoms with van der Waals surface area (Å²) < 4.78 is 7.05. The van der Waals surface area contributed by atoms with Gasteiger partial charge in [-0.2, -0.15) is 0 Å². The molecule has 0 spiro atoms. The van der Waals surface area contributed by atoms with E-state index in [-0.39, 0.29) is 0 Å². The molecule has 1 aliphatic heterocycles. The van der Waals surface area contributed by atoms with E-state index in [9.17, 15) is 9.90 Å². The number of likely N-dealkylation sites (N-methyl/N-ethyl adjacent to an activating group) is 1. The first-order valence-corrected chi connectivity index (χ1v) is 14.8. The van der Waals surface area contributed by atoms with Gasteiger partial charge in [-0.15, -0.1) is 11.3 Å². The number of hydrogen-bond acceptors (Lipinski definition) is 7. The summed E-state index contributed by atoms with van der Waals surface area (Å²) in [6.07, 6.45) is 0.701. The summed E-state index contributed by atoms with van der Waals surface area (Å²) in [4.78, 5) is 27.0. The Morgan fingerprint density at radius 2 is 1.80 bits per heavy atom. The monoisotopic (exact) mass is 578 g/mol. The number of aliphatic carboxylic acids is 1. The van der Waals surface area contributed by atoms with Crippen molar-refractivity contribution >= 4 is 44.9 Å². The largest absolute Gasteiger partial charge is 0.479 e. The molecule has 0 unspecified atom stereocenters. The third-order valence-electron chi connectivity index (χ3n) is 7.15. The Hall–Kier alpha value is -3.04. The highest BCUT2D eigenvalue weighted by molar-refractivity contribution is 7.22. The summed E-state index contributed by atoms with van der Waals surface area (Å²) >= 11 is 7.78. The van der Waals surface area contributed by atoms with E-state index >= 15 is 0 Å². The second-order valence-electron chi connectivity index (χ2n) is 11.1. The predicted octanol–water partition coefficient (Wildman–Crippen LogP) is 7.07. The van der Waals surface area contributed by atoms with Crippen LogP contribution in [0.25, 0.3) is 31.9 Å². The highest BCUT2D eigenvalue weighted by atomic mass is 35.5. The normalized spacial score (nSPS) is 15.5. The molecule has 7 nitrogen and oxygen atoms in total. The molecular formula is C31H35ClN4O3S. The number of fused-ring (bicyclic) bond motifs is 1. The molecule has 1 aliphatic rings. The summed E-state index contributed by atoms with van der Waals surface area (Å²) in [7, 11) is 0. The minimum absolute atomic E-state index is 0.615. The highest BCUT2D eigenvalue weighted by Gasteiger charge is 2.32. The Morgan fingerprint density at radius 1 is 1.10 bits per heavy atom. The van der Waals surface area contributed by atoms with Crippen LogP contribution in [-0.2, 0) is 9.53 Å². The number of hydrogen-bond donors (Lipinski definition) is 1. The molecule has 5 rings (SSSR count). The maximum atomic E-state index is 12.6. The van der Waals surface area contributed by atoms with Gasteiger partial charge in [0.25, 0.3) is 0 Å². The van der Waals surface area contributed by atoms with Crippen molar-refractivity contribution < 1.29 is 14.6 Å². The molecule has 4 aromatic rings. The van der Waals surface area contributed by atoms with Crippen LogP contribution in [0.3, 0.4) is 0 Å². The van der Waals surface area contributed by atoms with Gasteiger partial charge in [-0.25, -0.2) is 14.8 Å². The maximum Gasteiger partial charge on any atom is 0.337 e. The molecule has 3 heterocycles. The molecule has 210 valence electrons. The highest BCUT2D eigenvalue weighted by Crippen LogP contribution is 2.44. The van der Waals surface area contributed by atoms with Gasteiger partial charge in [0.15, 0.2) is 6.10 Å². The third-order valence-corrected chi connectivity index (χ3v) is 8.54. The summed E-state index contributed by atoms with van der Waals surface area (Å²) in [5.74, 6) is -0.0777. The second-order valence-corrected chi connectivity index (χ2v) is 12.6. The number of rotatable bonds is 7. The van der Waals surface area contributed by atoms with E-state index in [1.54, 1.807) is 11.3 Å². The number of carboxylic acid groups (broad SMARTS) is 1. The Kier molecular flexibility index (Phi) is 8.15. The smallest absolute Gasteiger partial charge is 0.337 e. The van der Waals surface area contributed by atoms with Gasteiger partial charge in [-0.3, -0.25) is 0 Å². The number of ether oxygens (including phenoxy) is 1. The van der Waals surface area contributed by atoms with Crippen molar-refractivity contribution in [3.05, 3.63) is 64.8 Å². The van der Waals surface area contributed by atoms with Crippen LogP contribution in [0, 0.1) is 6.92 Å². The number of halogens is 1. The quantitative estimate of drug-likeness (QED) is 0.251. The first kappa shape index (κ1) is 28.5. The van der Waals surface area contributed by atoms with Crippen molar-refractivity contribution in [1.29, 1.82) is 0 Å². The average Bonchev–Trinajstić information content (AvgIpc) is 3.35. The van der Waals surface area contributed by atoms with E-state index < -0.39 is 17.7 Å². The maximum absolute atomic E-state index is 12.6. The van der Waals surface area contributed by atoms with Crippen LogP contribution in [0.2, 0.25) is 5.02 Å². The molecule has 1 atom stereocenters. The van der Waals surface area contributed by atoms with E-state index in [0.717, 1.165) is 76.0 Å². The number of aromatic nitrogens is 2. The molecule has 0 aliphatic carbocycles. The molecule has 1 fully saturated rings. The molecular weight excluding hydrogens is 544 g/mol. The molecule has 0 amide bonds. The molecule has 2 aromatic heterocycles. The molecule has 0 radical (unpaired) electrons. The first-order valence-electron chi connectivity index (χ1n) is 13.6. The Balaban J connectivity index is 1.64. The Morgan fingerprint density at radius 3 is 2.42 bits per heavy atom. The van der Waals surface area contributed by atoms with Crippen LogP contribution in [0.4, 0.5) is 5.82 Å². The van der Waals surface area contributed by atoms with Gasteiger partial charge in [-0.1, -0.05) is 30.7 Å². The molecule has 1 N–H and O–H groups in total. The van der Waals surface area contributed by atoms with Crippen molar-refractivity contribution in [2.45, 2.75) is 46.3 Å². The number of nitrogens with zero attached hydrogens (tertiary/aromatic N) is 4. The van der Waals surface area contributed by atoms with Crippen molar-refractivity contribution in [3.8, 4) is 21.7 Å². The topological polar surface area (TPSA) is 78.8 Å². The molecule has 1 saturated heterocycles. The van der Waals surface area contributed by atoms with Crippen LogP contribution in [0.15, 0.2) is 48.7 Å². The van der Waals surface area contributed by atoms with Gasteiger partial charge in [0.05, 0.1) is 15.8 Å². The summed E-state index contributed by atoms with van der Waals surface area (Å²) in [6, 6.07) is 13.6. The summed E-state index contributed by atoms with van der Waals surface area (Å²) in [5, 5.41) is 11.8. The number of carboxylic acids is 1. The van der Waals surface area contributed by atoms with Crippen molar-refractivity contribution in [3.63, 3.8) is 0 Å². The Bertz CT molecular complexity index is 1520. The first-order chi connectivity index (χ1) is 19.0. The molecule has 0 saturated carbocycles. The van der Waals surface area contributed by atoms with Gasteiger partial charge in [0.1, 0.15) is 10.8 Å². The third kappa shape index (κ3) is 6.00. The molecule has 9 heteroatoms. The van der Waals surface area contributed by atoms with Gasteiger partial charge in [0.2, 0.25) is 0 Å². The minimum atomic E-state index is -1.14. The zero-order valence-electron chi connectivity index (χ0n) is 23.6. The zero-order chi connectivity index (χ0) is 28.6. The molecule has 2 aromatic carbocycles. The Labute approximate surface area is 244 Å². The molecule has 0 bridgehead atoms. The predicted molar refractivity (Wildman–Crippen MR) is 164 cm³/mol. The van der Waals surface area contributed by atoms with Crippen LogP contribution in [0.5, 0.6) is 0 Å². The van der Waals surface area contributed by atoms with Gasteiger partial charge in [0, 0.05) is 54.1 Å². The fourth-order valence-corrected chi connectivity index (χ4v) is 6.43.